The van der Waals surface area contributed by atoms with Gasteiger partial charge in [0.25, 0.3) is 0 Å². The first-order valence-electron chi connectivity index (χ1n) is 6.52. The Labute approximate surface area is 98.1 Å². The van der Waals surface area contributed by atoms with Gasteiger partial charge in [0.1, 0.15) is 5.65 Å². The molecule has 2 rings (SSSR count). The molecular formula is C12H14N2O2. The summed E-state index contributed by atoms with van der Waals surface area (Å²) in [4.78, 5) is 16.1. The fourth-order valence-electron chi connectivity index (χ4n) is 1.50. The summed E-state index contributed by atoms with van der Waals surface area (Å²) in [6, 6.07) is -0.0277. The van der Waals surface area contributed by atoms with Crippen molar-refractivity contribution < 1.29 is 13.6 Å². The van der Waals surface area contributed by atoms with E-state index in [1.54, 1.807) is 20.8 Å². The van der Waals surface area contributed by atoms with Crippen LogP contribution in [0.2, 0.25) is 0 Å². The second-order valence-electron chi connectivity index (χ2n) is 3.41. The maximum atomic E-state index is 11.9. The van der Waals surface area contributed by atoms with Crippen molar-refractivity contribution in [3.05, 3.63) is 35.2 Å². The lowest BCUT2D eigenvalue weighted by Gasteiger charge is -2.02. The average Bonchev–Trinajstić information content (AvgIpc) is 2.72. The third-order valence-corrected chi connectivity index (χ3v) is 2.18. The first-order chi connectivity index (χ1) is 8.90. The summed E-state index contributed by atoms with van der Waals surface area (Å²) < 4.78 is 29.8. The van der Waals surface area contributed by atoms with E-state index in [1.165, 1.54) is 4.40 Å². The maximum Gasteiger partial charge on any atom is 0.357 e. The number of esters is 1. The number of hydrogen-bond donors (Lipinski definition) is 0. The Bertz CT molecular complexity index is 680. The van der Waals surface area contributed by atoms with Gasteiger partial charge in [-0.1, -0.05) is 0 Å². The number of aryl methyl sites for hydroxylation is 1. The molecule has 0 N–H and O–H groups in total. The van der Waals surface area contributed by atoms with Gasteiger partial charge in [0.05, 0.1) is 16.4 Å². The van der Waals surface area contributed by atoms with E-state index in [9.17, 15) is 4.79 Å². The molecule has 0 fully saturated rings. The molecule has 0 saturated heterocycles. The predicted octanol–water partition coefficient (Wildman–Crippen LogP) is 2.13. The van der Waals surface area contributed by atoms with E-state index in [2.05, 4.69) is 4.98 Å². The summed E-state index contributed by atoms with van der Waals surface area (Å²) in [6.45, 7) is 5.12. The Kier molecular flexibility index (Phi) is 1.84. The van der Waals surface area contributed by atoms with Gasteiger partial charge in [-0.2, -0.15) is 0 Å². The molecule has 4 nitrogen and oxygen atoms in total. The number of carbonyl (C=O) groups is 1. The predicted molar refractivity (Wildman–Crippen MR) is 60.6 cm³/mol. The third kappa shape index (κ3) is 1.66. The van der Waals surface area contributed by atoms with Gasteiger partial charge < -0.3 is 4.74 Å². The first-order valence-corrected chi connectivity index (χ1v) is 5.02. The SMILES string of the molecule is [2H]c1c(C)c([2H])c2nc(C)c(C(=O)OCC)n2c1[2H]. The molecular weight excluding hydrogens is 204 g/mol. The fraction of sp³-hybridized carbons (Fsp3) is 0.333. The van der Waals surface area contributed by atoms with Crippen LogP contribution in [0.1, 0.15) is 32.8 Å². The Morgan fingerprint density at radius 1 is 1.62 bits per heavy atom. The molecule has 0 aromatic carbocycles. The Balaban J connectivity index is 2.87. The van der Waals surface area contributed by atoms with Gasteiger partial charge in [-0.3, -0.25) is 4.40 Å². The van der Waals surface area contributed by atoms with Crippen LogP contribution in [0.5, 0.6) is 0 Å². The highest BCUT2D eigenvalue weighted by Crippen LogP contribution is 2.14. The van der Waals surface area contributed by atoms with Crippen molar-refractivity contribution in [2.75, 3.05) is 6.61 Å². The molecule has 2 aromatic rings. The monoisotopic (exact) mass is 221 g/mol. The number of ether oxygens (including phenoxy) is 1. The smallest absolute Gasteiger partial charge is 0.357 e. The van der Waals surface area contributed by atoms with Gasteiger partial charge in [0.2, 0.25) is 0 Å². The van der Waals surface area contributed by atoms with E-state index < -0.39 is 5.97 Å². The van der Waals surface area contributed by atoms with Crippen LogP contribution in [-0.4, -0.2) is 22.0 Å². The highest BCUT2D eigenvalue weighted by Gasteiger charge is 2.17. The van der Waals surface area contributed by atoms with Gasteiger partial charge >= 0.3 is 5.97 Å². The number of nitrogens with zero attached hydrogens (tertiary/aromatic N) is 2. The van der Waals surface area contributed by atoms with E-state index in [0.29, 0.717) is 11.3 Å². The van der Waals surface area contributed by atoms with Crippen LogP contribution in [0.3, 0.4) is 0 Å². The summed E-state index contributed by atoms with van der Waals surface area (Å²) in [5.74, 6) is -0.594. The molecule has 0 bridgehead atoms. The van der Waals surface area contributed by atoms with E-state index in [4.69, 9.17) is 8.85 Å². The summed E-state index contributed by atoms with van der Waals surface area (Å²) in [6.07, 6.45) is -0.160. The normalized spacial score (nSPS) is 13.3. The summed E-state index contributed by atoms with van der Waals surface area (Å²) in [5, 5.41) is 0. The average molecular weight is 221 g/mol. The number of rotatable bonds is 2. The fourth-order valence-corrected chi connectivity index (χ4v) is 1.50. The molecule has 0 atom stereocenters. The molecule has 16 heavy (non-hydrogen) atoms. The lowest BCUT2D eigenvalue weighted by atomic mass is 10.3. The van der Waals surface area contributed by atoms with Crippen molar-refractivity contribution in [2.24, 2.45) is 0 Å². The molecule has 0 aliphatic carbocycles. The molecule has 0 spiro atoms. The van der Waals surface area contributed by atoms with Crippen LogP contribution in [0.4, 0.5) is 0 Å². The van der Waals surface area contributed by atoms with Crippen LogP contribution in [0.25, 0.3) is 5.65 Å². The molecule has 2 heterocycles. The Morgan fingerprint density at radius 3 is 3.06 bits per heavy atom. The van der Waals surface area contributed by atoms with E-state index in [0.717, 1.165) is 0 Å². The van der Waals surface area contributed by atoms with Crippen LogP contribution < -0.4 is 0 Å². The first kappa shape index (κ1) is 7.44. The van der Waals surface area contributed by atoms with Crippen LogP contribution in [0, 0.1) is 13.8 Å². The molecule has 0 amide bonds. The number of imidazole rings is 1. The van der Waals surface area contributed by atoms with Crippen LogP contribution in [-0.2, 0) is 4.74 Å². The lowest BCUT2D eigenvalue weighted by Crippen LogP contribution is -2.09. The van der Waals surface area contributed by atoms with Gasteiger partial charge in [0.15, 0.2) is 5.69 Å². The summed E-state index contributed by atoms with van der Waals surface area (Å²) in [5.41, 5.74) is 1.09. The van der Waals surface area contributed by atoms with Crippen molar-refractivity contribution in [2.45, 2.75) is 20.8 Å². The van der Waals surface area contributed by atoms with Crippen molar-refractivity contribution in [1.29, 1.82) is 0 Å². The highest BCUT2D eigenvalue weighted by atomic mass is 16.5. The second-order valence-corrected chi connectivity index (χ2v) is 3.41. The Morgan fingerprint density at radius 2 is 2.38 bits per heavy atom. The van der Waals surface area contributed by atoms with E-state index in [1.807, 2.05) is 0 Å². The molecule has 84 valence electrons. The number of hydrogen-bond acceptors (Lipinski definition) is 3. The molecule has 0 aliphatic rings. The van der Waals surface area contributed by atoms with Gasteiger partial charge in [-0.05, 0) is 38.4 Å². The highest BCUT2D eigenvalue weighted by molar-refractivity contribution is 5.90. The molecule has 0 aliphatic heterocycles. The van der Waals surface area contributed by atoms with Gasteiger partial charge in [-0.15, -0.1) is 0 Å². The van der Waals surface area contributed by atoms with Crippen molar-refractivity contribution in [3.8, 4) is 0 Å². The van der Waals surface area contributed by atoms with E-state index >= 15 is 0 Å². The summed E-state index contributed by atoms with van der Waals surface area (Å²) >= 11 is 0. The molecule has 4 heteroatoms. The molecule has 0 radical (unpaired) electrons. The third-order valence-electron chi connectivity index (χ3n) is 2.18. The topological polar surface area (TPSA) is 43.6 Å². The van der Waals surface area contributed by atoms with Crippen molar-refractivity contribution >= 4 is 11.6 Å². The second kappa shape index (κ2) is 3.96. The molecule has 0 unspecified atom stereocenters. The minimum atomic E-state index is -0.594. The molecule has 0 saturated carbocycles. The standard InChI is InChI=1S/C12H14N2O2/c1-4-16-12(15)11-9(3)13-10-7-8(2)5-6-14(10)11/h5-7H,4H2,1-3H3/i5D,6D,7D. The van der Waals surface area contributed by atoms with Gasteiger partial charge in [0, 0.05) is 6.17 Å². The zero-order valence-corrected chi connectivity index (χ0v) is 9.42. The maximum absolute atomic E-state index is 11.9. The minimum Gasteiger partial charge on any atom is -0.461 e. The Hall–Kier alpha value is -1.84. The number of aromatic nitrogens is 2. The van der Waals surface area contributed by atoms with E-state index in [-0.39, 0.29) is 36.2 Å². The lowest BCUT2D eigenvalue weighted by molar-refractivity contribution is 0.0517. The van der Waals surface area contributed by atoms with Crippen LogP contribution >= 0.6 is 0 Å². The van der Waals surface area contributed by atoms with Crippen molar-refractivity contribution in [1.82, 2.24) is 9.38 Å². The zero-order chi connectivity index (χ0) is 14.3. The number of fused-ring (bicyclic) bond motifs is 1. The zero-order valence-electron chi connectivity index (χ0n) is 12.4. The molecule has 2 aromatic heterocycles. The van der Waals surface area contributed by atoms with Crippen LogP contribution in [0.15, 0.2) is 18.3 Å². The minimum absolute atomic E-state index is 0.0552. The summed E-state index contributed by atoms with van der Waals surface area (Å²) in [7, 11) is 0. The van der Waals surface area contributed by atoms with Gasteiger partial charge in [-0.25, -0.2) is 9.78 Å². The number of carbonyl (C=O) groups excluding carboxylic acids is 1. The van der Waals surface area contributed by atoms with Crippen molar-refractivity contribution in [3.63, 3.8) is 0 Å². The largest absolute Gasteiger partial charge is 0.461 e. The quantitative estimate of drug-likeness (QED) is 0.730. The number of pyridine rings is 1.